The number of nitrogens with one attached hydrogen (secondary N) is 1. The molecule has 2 atom stereocenters. The summed E-state index contributed by atoms with van der Waals surface area (Å²) in [4.78, 5) is 35.4. The summed E-state index contributed by atoms with van der Waals surface area (Å²) in [5, 5.41) is 2.33. The van der Waals surface area contributed by atoms with Gasteiger partial charge in [-0.25, -0.2) is 0 Å². The van der Waals surface area contributed by atoms with Crippen LogP contribution in [0.3, 0.4) is 0 Å². The molecule has 1 aliphatic carbocycles. The Labute approximate surface area is 124 Å². The Hall–Kier alpha value is -1.97. The maximum atomic E-state index is 12.4. The van der Waals surface area contributed by atoms with Crippen LogP contribution in [0.15, 0.2) is 18.2 Å². The summed E-state index contributed by atoms with van der Waals surface area (Å²) in [6.07, 6.45) is 1.42. The highest BCUT2D eigenvalue weighted by Gasteiger charge is 2.41. The molecule has 1 saturated heterocycles. The molecule has 0 aromatic heterocycles. The van der Waals surface area contributed by atoms with Gasteiger partial charge in [0.2, 0.25) is 11.8 Å². The number of carbonyl (C=O) groups is 3. The number of piperidine rings is 1. The fourth-order valence-corrected chi connectivity index (χ4v) is 3.08. The molecule has 2 aliphatic rings. The van der Waals surface area contributed by atoms with Gasteiger partial charge in [0, 0.05) is 23.8 Å². The van der Waals surface area contributed by atoms with Crippen molar-refractivity contribution in [2.75, 3.05) is 0 Å². The number of imide groups is 1. The predicted molar refractivity (Wildman–Crippen MR) is 79.9 cm³/mol. The number of rotatable bonds is 1. The largest absolute Gasteiger partial charge is 0.296 e. The highest BCUT2D eigenvalue weighted by Crippen LogP contribution is 2.35. The van der Waals surface area contributed by atoms with Gasteiger partial charge >= 0.3 is 0 Å². The fourth-order valence-electron chi connectivity index (χ4n) is 3.08. The molecular formula is C17H21NO3. The summed E-state index contributed by atoms with van der Waals surface area (Å²) in [7, 11) is 0. The predicted octanol–water partition coefficient (Wildman–Crippen LogP) is 2.43. The summed E-state index contributed by atoms with van der Waals surface area (Å²) in [6, 6.07) is 5.78. The lowest BCUT2D eigenvalue weighted by Gasteiger charge is -2.24. The molecule has 1 fully saturated rings. The van der Waals surface area contributed by atoms with Crippen molar-refractivity contribution < 1.29 is 14.4 Å². The molecule has 0 radical (unpaired) electrons. The van der Waals surface area contributed by atoms with Gasteiger partial charge < -0.3 is 0 Å². The van der Waals surface area contributed by atoms with Crippen LogP contribution in [0.4, 0.5) is 0 Å². The normalized spacial score (nSPS) is 24.0. The Kier molecular flexibility index (Phi) is 4.56. The van der Waals surface area contributed by atoms with Gasteiger partial charge in [-0.2, -0.15) is 0 Å². The van der Waals surface area contributed by atoms with Crippen molar-refractivity contribution in [3.05, 3.63) is 34.9 Å². The number of hydrogen-bond donors (Lipinski definition) is 1. The number of amides is 2. The van der Waals surface area contributed by atoms with Crippen molar-refractivity contribution in [3.8, 4) is 0 Å². The van der Waals surface area contributed by atoms with Gasteiger partial charge in [0.1, 0.15) is 0 Å². The molecule has 2 amide bonds. The minimum absolute atomic E-state index is 0.0458. The number of hydrogen-bond acceptors (Lipinski definition) is 3. The third-order valence-electron chi connectivity index (χ3n) is 4.07. The average Bonchev–Trinajstić information content (AvgIpc) is 2.77. The molecular weight excluding hydrogens is 266 g/mol. The standard InChI is InChI=1S/C15H15NO3.C2H6/c1-8-2-3-10-9(6-8)7-12(14(10)18)11-4-5-13(17)16-15(11)19;1-2/h2-3,6,11-12H,4-5,7H2,1H3,(H,16,17,19);1-2H3. The second kappa shape index (κ2) is 6.20. The molecule has 0 bridgehead atoms. The summed E-state index contributed by atoms with van der Waals surface area (Å²) in [6.45, 7) is 5.99. The Balaban J connectivity index is 0.000000774. The Morgan fingerprint density at radius 1 is 1.10 bits per heavy atom. The smallest absolute Gasteiger partial charge is 0.230 e. The first kappa shape index (κ1) is 15.4. The number of Topliss-reactive ketones (excluding diaryl/α,β-unsaturated/α-hetero) is 1. The van der Waals surface area contributed by atoms with Crippen LogP contribution in [-0.2, 0) is 16.0 Å². The SMILES string of the molecule is CC.Cc1ccc2c(c1)CC(C1CCC(=O)NC1=O)C2=O. The Bertz CT molecular complexity index is 592. The molecule has 21 heavy (non-hydrogen) atoms. The third-order valence-corrected chi connectivity index (χ3v) is 4.07. The lowest BCUT2D eigenvalue weighted by molar-refractivity contribution is -0.137. The lowest BCUT2D eigenvalue weighted by atomic mass is 9.83. The average molecular weight is 287 g/mol. The molecule has 1 aliphatic heterocycles. The molecule has 1 aromatic rings. The van der Waals surface area contributed by atoms with E-state index in [1.807, 2.05) is 39.0 Å². The first-order valence-corrected chi connectivity index (χ1v) is 7.53. The second-order valence-electron chi connectivity index (χ2n) is 5.39. The second-order valence-corrected chi connectivity index (χ2v) is 5.39. The van der Waals surface area contributed by atoms with Crippen LogP contribution in [0.5, 0.6) is 0 Å². The zero-order chi connectivity index (χ0) is 15.6. The van der Waals surface area contributed by atoms with Gasteiger partial charge in [-0.1, -0.05) is 37.6 Å². The van der Waals surface area contributed by atoms with Crippen molar-refractivity contribution in [1.29, 1.82) is 0 Å². The van der Waals surface area contributed by atoms with E-state index in [2.05, 4.69) is 5.32 Å². The van der Waals surface area contributed by atoms with E-state index in [-0.39, 0.29) is 29.4 Å². The number of aryl methyl sites for hydroxylation is 1. The van der Waals surface area contributed by atoms with E-state index >= 15 is 0 Å². The van der Waals surface area contributed by atoms with Crippen molar-refractivity contribution in [1.82, 2.24) is 5.32 Å². The number of benzene rings is 1. The van der Waals surface area contributed by atoms with E-state index in [4.69, 9.17) is 0 Å². The molecule has 4 nitrogen and oxygen atoms in total. The van der Waals surface area contributed by atoms with Crippen LogP contribution in [-0.4, -0.2) is 17.6 Å². The zero-order valence-electron chi connectivity index (χ0n) is 12.7. The van der Waals surface area contributed by atoms with E-state index in [1.54, 1.807) is 0 Å². The van der Waals surface area contributed by atoms with Gasteiger partial charge in [0.25, 0.3) is 0 Å². The van der Waals surface area contributed by atoms with Crippen molar-refractivity contribution in [2.24, 2.45) is 11.8 Å². The van der Waals surface area contributed by atoms with E-state index in [9.17, 15) is 14.4 Å². The Morgan fingerprint density at radius 3 is 2.48 bits per heavy atom. The van der Waals surface area contributed by atoms with Crippen LogP contribution >= 0.6 is 0 Å². The van der Waals surface area contributed by atoms with Gasteiger partial charge in [-0.3, -0.25) is 19.7 Å². The third kappa shape index (κ3) is 2.89. The first-order chi connectivity index (χ1) is 10.1. The van der Waals surface area contributed by atoms with Crippen LogP contribution in [0.1, 0.15) is 48.2 Å². The molecule has 0 saturated carbocycles. The minimum Gasteiger partial charge on any atom is -0.296 e. The summed E-state index contributed by atoms with van der Waals surface area (Å²) >= 11 is 0. The number of carbonyl (C=O) groups excluding carboxylic acids is 3. The van der Waals surface area contributed by atoms with Crippen LogP contribution < -0.4 is 5.32 Å². The zero-order valence-corrected chi connectivity index (χ0v) is 12.7. The van der Waals surface area contributed by atoms with Crippen LogP contribution in [0, 0.1) is 18.8 Å². The molecule has 112 valence electrons. The van der Waals surface area contributed by atoms with Gasteiger partial charge in [0.05, 0.1) is 0 Å². The number of fused-ring (bicyclic) bond motifs is 1. The molecule has 3 rings (SSSR count). The van der Waals surface area contributed by atoms with Crippen molar-refractivity contribution in [2.45, 2.75) is 40.0 Å². The topological polar surface area (TPSA) is 63.2 Å². The van der Waals surface area contributed by atoms with Crippen molar-refractivity contribution in [3.63, 3.8) is 0 Å². The summed E-state index contributed by atoms with van der Waals surface area (Å²) in [5.74, 6) is -1.15. The molecule has 2 unspecified atom stereocenters. The maximum Gasteiger partial charge on any atom is 0.230 e. The fraction of sp³-hybridized carbons (Fsp3) is 0.471. The number of ketones is 1. The van der Waals surface area contributed by atoms with E-state index in [0.29, 0.717) is 19.3 Å². The van der Waals surface area contributed by atoms with E-state index < -0.39 is 0 Å². The molecule has 1 N–H and O–H groups in total. The highest BCUT2D eigenvalue weighted by atomic mass is 16.2. The lowest BCUT2D eigenvalue weighted by Crippen LogP contribution is -2.44. The van der Waals surface area contributed by atoms with Crippen molar-refractivity contribution >= 4 is 17.6 Å². The first-order valence-electron chi connectivity index (χ1n) is 7.53. The van der Waals surface area contributed by atoms with Gasteiger partial charge in [0.15, 0.2) is 5.78 Å². The van der Waals surface area contributed by atoms with Crippen LogP contribution in [0.2, 0.25) is 0 Å². The Morgan fingerprint density at radius 2 is 1.81 bits per heavy atom. The molecule has 4 heteroatoms. The summed E-state index contributed by atoms with van der Waals surface area (Å²) < 4.78 is 0. The molecule has 0 spiro atoms. The molecule has 1 aromatic carbocycles. The van der Waals surface area contributed by atoms with Crippen LogP contribution in [0.25, 0.3) is 0 Å². The molecule has 1 heterocycles. The van der Waals surface area contributed by atoms with E-state index in [1.165, 1.54) is 0 Å². The highest BCUT2D eigenvalue weighted by molar-refractivity contribution is 6.07. The minimum atomic E-state index is -0.363. The quantitative estimate of drug-likeness (QED) is 0.807. The maximum absolute atomic E-state index is 12.4. The summed E-state index contributed by atoms with van der Waals surface area (Å²) in [5.41, 5.74) is 2.88. The van der Waals surface area contributed by atoms with Gasteiger partial charge in [-0.05, 0) is 25.3 Å². The monoisotopic (exact) mass is 287 g/mol. The van der Waals surface area contributed by atoms with Gasteiger partial charge in [-0.15, -0.1) is 0 Å². The van der Waals surface area contributed by atoms with E-state index in [0.717, 1.165) is 16.7 Å².